The Morgan fingerprint density at radius 2 is 1.53 bits per heavy atom. The van der Waals surface area contributed by atoms with Crippen molar-refractivity contribution in [3.63, 3.8) is 0 Å². The first-order valence-electron chi connectivity index (χ1n) is 9.63. The van der Waals surface area contributed by atoms with E-state index < -0.39 is 17.8 Å². The second kappa shape index (κ2) is 8.56. The van der Waals surface area contributed by atoms with Crippen LogP contribution in [0.2, 0.25) is 0 Å². The summed E-state index contributed by atoms with van der Waals surface area (Å²) in [5.41, 5.74) is 8.37. The quantitative estimate of drug-likeness (QED) is 0.262. The van der Waals surface area contributed by atoms with Crippen molar-refractivity contribution in [1.82, 2.24) is 0 Å². The molecule has 8 heteroatoms. The lowest BCUT2D eigenvalue weighted by molar-refractivity contribution is -0.120. The minimum Gasteiger partial charge on any atom is -0.423 e. The molecule has 3 aromatic rings. The van der Waals surface area contributed by atoms with E-state index in [4.69, 9.17) is 22.1 Å². The van der Waals surface area contributed by atoms with E-state index in [1.807, 2.05) is 6.92 Å². The van der Waals surface area contributed by atoms with E-state index in [1.165, 1.54) is 12.1 Å². The third kappa shape index (κ3) is 4.19. The molecule has 0 aromatic heterocycles. The molecule has 3 N–H and O–H groups in total. The Morgan fingerprint density at radius 1 is 0.906 bits per heavy atom. The molecule has 0 saturated carbocycles. The van der Waals surface area contributed by atoms with E-state index in [0.29, 0.717) is 28.4 Å². The van der Waals surface area contributed by atoms with E-state index in [0.717, 1.165) is 10.5 Å². The van der Waals surface area contributed by atoms with Crippen LogP contribution >= 0.6 is 11.6 Å². The lowest BCUT2D eigenvalue weighted by atomic mass is 10.2. The molecule has 2 amide bonds. The topological polar surface area (TPSA) is 102 Å². The van der Waals surface area contributed by atoms with Crippen LogP contribution in [0, 0.1) is 6.92 Å². The Bertz CT molecular complexity index is 1230. The van der Waals surface area contributed by atoms with Crippen LogP contribution in [-0.4, -0.2) is 17.8 Å². The van der Waals surface area contributed by atoms with Crippen LogP contribution in [0.3, 0.4) is 0 Å². The highest BCUT2D eigenvalue weighted by Gasteiger charge is 2.38. The molecule has 0 spiro atoms. The number of esters is 1. The molecule has 0 saturated heterocycles. The Morgan fingerprint density at radius 3 is 2.16 bits per heavy atom. The number of carbonyl (C=O) groups is 3. The molecule has 32 heavy (non-hydrogen) atoms. The molecule has 0 unspecified atom stereocenters. The maximum Gasteiger partial charge on any atom is 0.343 e. The van der Waals surface area contributed by atoms with Gasteiger partial charge in [0.25, 0.3) is 11.8 Å². The van der Waals surface area contributed by atoms with Crippen LogP contribution in [-0.2, 0) is 9.59 Å². The lowest BCUT2D eigenvalue weighted by Gasteiger charge is -2.15. The first-order chi connectivity index (χ1) is 15.3. The third-order valence-electron chi connectivity index (χ3n) is 4.80. The first-order valence-corrected chi connectivity index (χ1v) is 10.0. The van der Waals surface area contributed by atoms with Gasteiger partial charge < -0.3 is 15.8 Å². The van der Waals surface area contributed by atoms with Gasteiger partial charge in [-0.05, 0) is 67.6 Å². The zero-order valence-electron chi connectivity index (χ0n) is 17.0. The molecule has 7 nitrogen and oxygen atoms in total. The van der Waals surface area contributed by atoms with Crippen molar-refractivity contribution in [2.24, 2.45) is 0 Å². The third-order valence-corrected chi connectivity index (χ3v) is 5.15. The van der Waals surface area contributed by atoms with Gasteiger partial charge >= 0.3 is 5.97 Å². The van der Waals surface area contributed by atoms with Gasteiger partial charge in [0, 0.05) is 11.4 Å². The standard InChI is InChI=1S/C24H18ClN3O4/c1-14-2-10-18(11-3-14)28-22(29)20(25)21(23(28)30)27-17-8-4-15(5-9-17)24(31)32-19-12-6-16(26)7-13-19/h2-13,27H,26H2,1H3. The first kappa shape index (κ1) is 21.1. The number of hydrogen-bond acceptors (Lipinski definition) is 6. The molecule has 1 aliphatic heterocycles. The fourth-order valence-electron chi connectivity index (χ4n) is 3.08. The van der Waals surface area contributed by atoms with Crippen molar-refractivity contribution in [1.29, 1.82) is 0 Å². The summed E-state index contributed by atoms with van der Waals surface area (Å²) >= 11 is 6.15. The van der Waals surface area contributed by atoms with E-state index in [2.05, 4.69) is 5.32 Å². The number of benzene rings is 3. The minimum atomic E-state index is -0.605. The number of anilines is 3. The number of nitrogen functional groups attached to an aromatic ring is 1. The number of amides is 2. The van der Waals surface area contributed by atoms with Crippen LogP contribution < -0.4 is 20.7 Å². The summed E-state index contributed by atoms with van der Waals surface area (Å²) < 4.78 is 5.30. The van der Waals surface area contributed by atoms with Crippen LogP contribution in [0.5, 0.6) is 5.75 Å². The van der Waals surface area contributed by atoms with Crippen molar-refractivity contribution in [3.8, 4) is 5.75 Å². The molecular weight excluding hydrogens is 430 g/mol. The van der Waals surface area contributed by atoms with Gasteiger partial charge in [0.1, 0.15) is 16.5 Å². The highest BCUT2D eigenvalue weighted by molar-refractivity contribution is 6.53. The van der Waals surface area contributed by atoms with Crippen LogP contribution in [0.1, 0.15) is 15.9 Å². The highest BCUT2D eigenvalue weighted by atomic mass is 35.5. The lowest BCUT2D eigenvalue weighted by Crippen LogP contribution is -2.32. The van der Waals surface area contributed by atoms with Crippen LogP contribution in [0.4, 0.5) is 17.1 Å². The molecule has 0 fully saturated rings. The average Bonchev–Trinajstić information content (AvgIpc) is 3.00. The number of ether oxygens (including phenoxy) is 1. The Labute approximate surface area is 189 Å². The van der Waals surface area contributed by atoms with E-state index >= 15 is 0 Å². The van der Waals surface area contributed by atoms with Gasteiger partial charge in [-0.25, -0.2) is 9.69 Å². The van der Waals surface area contributed by atoms with E-state index in [1.54, 1.807) is 60.7 Å². The summed E-state index contributed by atoms with van der Waals surface area (Å²) in [4.78, 5) is 38.7. The number of aryl methyl sites for hydroxylation is 1. The zero-order valence-corrected chi connectivity index (χ0v) is 17.7. The maximum atomic E-state index is 12.8. The molecule has 1 heterocycles. The van der Waals surface area contributed by atoms with Crippen LogP contribution in [0.25, 0.3) is 0 Å². The van der Waals surface area contributed by atoms with E-state index in [-0.39, 0.29) is 10.7 Å². The van der Waals surface area contributed by atoms with Crippen molar-refractivity contribution in [3.05, 3.63) is 94.7 Å². The molecule has 160 valence electrons. The Kier molecular flexibility index (Phi) is 5.66. The van der Waals surface area contributed by atoms with Gasteiger partial charge in [-0.15, -0.1) is 0 Å². The summed E-state index contributed by atoms with van der Waals surface area (Å²) in [7, 11) is 0. The predicted octanol–water partition coefficient (Wildman–Crippen LogP) is 4.23. The van der Waals surface area contributed by atoms with Gasteiger partial charge in [-0.2, -0.15) is 0 Å². The summed E-state index contributed by atoms with van der Waals surface area (Å²) in [5, 5.41) is 2.67. The highest BCUT2D eigenvalue weighted by Crippen LogP contribution is 2.30. The van der Waals surface area contributed by atoms with Gasteiger partial charge in [-0.3, -0.25) is 9.59 Å². The molecule has 0 radical (unpaired) electrons. The van der Waals surface area contributed by atoms with Crippen LogP contribution in [0.15, 0.2) is 83.5 Å². The molecule has 0 bridgehead atoms. The minimum absolute atomic E-state index is 0.0329. The van der Waals surface area contributed by atoms with E-state index in [9.17, 15) is 14.4 Å². The van der Waals surface area contributed by atoms with Crippen molar-refractivity contribution in [2.75, 3.05) is 16.0 Å². The Hall–Kier alpha value is -4.10. The Balaban J connectivity index is 1.47. The zero-order chi connectivity index (χ0) is 22.8. The number of imide groups is 1. The number of nitrogens with zero attached hydrogens (tertiary/aromatic N) is 1. The smallest absolute Gasteiger partial charge is 0.343 e. The normalized spacial score (nSPS) is 13.5. The number of nitrogens with two attached hydrogens (primary N) is 1. The molecule has 4 rings (SSSR count). The number of halogens is 1. The van der Waals surface area contributed by atoms with Gasteiger partial charge in [-0.1, -0.05) is 29.3 Å². The maximum absolute atomic E-state index is 12.8. The van der Waals surface area contributed by atoms with Gasteiger partial charge in [0.05, 0.1) is 11.3 Å². The number of rotatable bonds is 5. The molecule has 1 aliphatic rings. The predicted molar refractivity (Wildman–Crippen MR) is 122 cm³/mol. The summed E-state index contributed by atoms with van der Waals surface area (Å²) in [6, 6.07) is 19.7. The molecule has 0 atom stereocenters. The second-order valence-corrected chi connectivity index (χ2v) is 7.51. The van der Waals surface area contributed by atoms with Gasteiger partial charge in [0.15, 0.2) is 0 Å². The van der Waals surface area contributed by atoms with Gasteiger partial charge in [0.2, 0.25) is 0 Å². The number of nitrogens with one attached hydrogen (secondary N) is 1. The van der Waals surface area contributed by atoms with Crippen molar-refractivity contribution in [2.45, 2.75) is 6.92 Å². The van der Waals surface area contributed by atoms with Crippen molar-refractivity contribution >= 4 is 46.4 Å². The summed E-state index contributed by atoms with van der Waals surface area (Å²) in [6.45, 7) is 1.91. The molecule has 3 aromatic carbocycles. The summed E-state index contributed by atoms with van der Waals surface area (Å²) in [6.07, 6.45) is 0. The van der Waals surface area contributed by atoms with Crippen molar-refractivity contribution < 1.29 is 19.1 Å². The fourth-order valence-corrected chi connectivity index (χ4v) is 3.29. The fraction of sp³-hybridized carbons (Fsp3) is 0.0417. The average molecular weight is 448 g/mol. The number of hydrogen-bond donors (Lipinski definition) is 2. The molecule has 0 aliphatic carbocycles. The monoisotopic (exact) mass is 447 g/mol. The SMILES string of the molecule is Cc1ccc(N2C(=O)C(Cl)=C(Nc3ccc(C(=O)Oc4ccc(N)cc4)cc3)C2=O)cc1. The second-order valence-electron chi connectivity index (χ2n) is 7.13. The largest absolute Gasteiger partial charge is 0.423 e. The molecular formula is C24H18ClN3O4. The summed E-state index contributed by atoms with van der Waals surface area (Å²) in [5.74, 6) is -1.34. The number of carbonyl (C=O) groups excluding carboxylic acids is 3.